The summed E-state index contributed by atoms with van der Waals surface area (Å²) in [5.41, 5.74) is 12.2. The topological polar surface area (TPSA) is 60.2 Å². The van der Waals surface area contributed by atoms with E-state index in [0.717, 1.165) is 42.8 Å². The Balaban J connectivity index is 1.59. The number of fused-ring (bicyclic) bond motifs is 1. The third-order valence-electron chi connectivity index (χ3n) is 6.75. The molecular formula is C22H32N4O. The number of aryl methyl sites for hydroxylation is 3. The zero-order valence-electron chi connectivity index (χ0n) is 17.0. The van der Waals surface area contributed by atoms with Crippen molar-refractivity contribution in [2.45, 2.75) is 53.0 Å². The molecule has 4 rings (SSSR count). The largest absolute Gasteiger partial charge is 0.350 e. The van der Waals surface area contributed by atoms with Gasteiger partial charge in [0.1, 0.15) is 5.69 Å². The number of carbonyl (C=O) groups excluding carboxylic acids is 1. The maximum absolute atomic E-state index is 13.4. The van der Waals surface area contributed by atoms with E-state index in [9.17, 15) is 4.79 Å². The quantitative estimate of drug-likeness (QED) is 0.778. The number of carbonyl (C=O) groups is 1. The predicted octanol–water partition coefficient (Wildman–Crippen LogP) is 3.45. The summed E-state index contributed by atoms with van der Waals surface area (Å²) in [6, 6.07) is 4.74. The molecule has 2 aliphatic heterocycles. The highest BCUT2D eigenvalue weighted by atomic mass is 16.2. The Morgan fingerprint density at radius 3 is 2.74 bits per heavy atom. The first kappa shape index (κ1) is 18.5. The lowest BCUT2D eigenvalue weighted by molar-refractivity contribution is 0.0629. The van der Waals surface area contributed by atoms with Gasteiger partial charge in [-0.05, 0) is 62.1 Å². The molecule has 5 nitrogen and oxygen atoms in total. The lowest BCUT2D eigenvalue weighted by atomic mass is 9.83. The molecule has 0 bridgehead atoms. The lowest BCUT2D eigenvalue weighted by Gasteiger charge is -2.37. The van der Waals surface area contributed by atoms with E-state index in [4.69, 9.17) is 0 Å². The van der Waals surface area contributed by atoms with Crippen molar-refractivity contribution in [2.24, 2.45) is 11.8 Å². The minimum atomic E-state index is 0.159. The maximum Gasteiger partial charge on any atom is 0.270 e. The molecule has 27 heavy (non-hydrogen) atoms. The molecule has 0 spiro atoms. The first-order valence-electron chi connectivity index (χ1n) is 10.4. The molecule has 0 saturated carbocycles. The number of nitrogens with one attached hydrogen (secondary N) is 3. The Morgan fingerprint density at radius 1 is 1.22 bits per heavy atom. The number of piperidine rings is 1. The molecule has 0 aliphatic carbocycles. The number of likely N-dealkylation sites (tertiary alicyclic amines) is 1. The standard InChI is InChI=1S/C22H32N4O/c1-5-16-11-23-25-21(16)17-7-6-10-26(12-17)22(27)20-15(4)18-13(2)8-9-14(3)19(18)24-20/h8-9,16-17,21,23-25H,5-7,10-12H2,1-4H3. The van der Waals surface area contributed by atoms with Crippen LogP contribution in [-0.4, -0.2) is 41.5 Å². The van der Waals surface area contributed by atoms with Gasteiger partial charge in [-0.25, -0.2) is 0 Å². The molecule has 1 amide bonds. The minimum Gasteiger partial charge on any atom is -0.350 e. The average Bonchev–Trinajstić information content (AvgIpc) is 3.29. The number of benzene rings is 1. The van der Waals surface area contributed by atoms with Crippen molar-refractivity contribution in [3.05, 3.63) is 34.5 Å². The number of hydrazine groups is 1. The van der Waals surface area contributed by atoms with Crippen LogP contribution in [0.4, 0.5) is 0 Å². The summed E-state index contributed by atoms with van der Waals surface area (Å²) >= 11 is 0. The van der Waals surface area contributed by atoms with Crippen molar-refractivity contribution >= 4 is 16.8 Å². The summed E-state index contributed by atoms with van der Waals surface area (Å²) < 4.78 is 0. The number of hydrogen-bond acceptors (Lipinski definition) is 3. The highest BCUT2D eigenvalue weighted by Crippen LogP contribution is 2.31. The summed E-state index contributed by atoms with van der Waals surface area (Å²) in [5.74, 6) is 1.34. The second kappa shape index (κ2) is 7.28. The van der Waals surface area contributed by atoms with Crippen LogP contribution in [0.25, 0.3) is 10.9 Å². The van der Waals surface area contributed by atoms with E-state index in [0.29, 0.717) is 17.9 Å². The van der Waals surface area contributed by atoms with E-state index < -0.39 is 0 Å². The number of nitrogens with zero attached hydrogens (tertiary/aromatic N) is 1. The van der Waals surface area contributed by atoms with Gasteiger partial charge >= 0.3 is 0 Å². The predicted molar refractivity (Wildman–Crippen MR) is 110 cm³/mol. The molecular weight excluding hydrogens is 336 g/mol. The van der Waals surface area contributed by atoms with Crippen LogP contribution in [0.5, 0.6) is 0 Å². The second-order valence-corrected chi connectivity index (χ2v) is 8.45. The zero-order valence-corrected chi connectivity index (χ0v) is 17.0. The highest BCUT2D eigenvalue weighted by molar-refractivity contribution is 6.02. The molecule has 5 heteroatoms. The fourth-order valence-electron chi connectivity index (χ4n) is 5.11. The van der Waals surface area contributed by atoms with Gasteiger partial charge in [-0.2, -0.15) is 0 Å². The van der Waals surface area contributed by atoms with Gasteiger partial charge in [0.15, 0.2) is 0 Å². The summed E-state index contributed by atoms with van der Waals surface area (Å²) in [5, 5.41) is 1.21. The van der Waals surface area contributed by atoms with E-state index in [2.05, 4.69) is 60.6 Å². The van der Waals surface area contributed by atoms with Crippen LogP contribution in [0, 0.1) is 32.6 Å². The summed E-state index contributed by atoms with van der Waals surface area (Å²) in [7, 11) is 0. The summed E-state index contributed by atoms with van der Waals surface area (Å²) in [4.78, 5) is 18.9. The number of H-pyrrole nitrogens is 1. The Labute approximate surface area is 161 Å². The molecule has 2 saturated heterocycles. The molecule has 1 aromatic heterocycles. The minimum absolute atomic E-state index is 0.159. The molecule has 0 radical (unpaired) electrons. The fraction of sp³-hybridized carbons (Fsp3) is 0.591. The van der Waals surface area contributed by atoms with Gasteiger partial charge in [-0.15, -0.1) is 0 Å². The van der Waals surface area contributed by atoms with Gasteiger partial charge in [0, 0.05) is 36.6 Å². The van der Waals surface area contributed by atoms with Crippen LogP contribution in [0.15, 0.2) is 12.1 Å². The van der Waals surface area contributed by atoms with Gasteiger partial charge in [0.05, 0.1) is 0 Å². The van der Waals surface area contributed by atoms with Crippen LogP contribution < -0.4 is 10.9 Å². The monoisotopic (exact) mass is 368 g/mol. The van der Waals surface area contributed by atoms with Crippen LogP contribution >= 0.6 is 0 Å². The number of aromatic nitrogens is 1. The number of rotatable bonds is 3. The second-order valence-electron chi connectivity index (χ2n) is 8.45. The molecule has 146 valence electrons. The first-order valence-corrected chi connectivity index (χ1v) is 10.4. The van der Waals surface area contributed by atoms with E-state index in [1.807, 2.05) is 0 Å². The van der Waals surface area contributed by atoms with Crippen molar-refractivity contribution in [1.29, 1.82) is 0 Å². The van der Waals surface area contributed by atoms with Crippen molar-refractivity contribution < 1.29 is 4.79 Å². The third-order valence-corrected chi connectivity index (χ3v) is 6.75. The smallest absolute Gasteiger partial charge is 0.270 e. The van der Waals surface area contributed by atoms with Gasteiger partial charge in [0.25, 0.3) is 5.91 Å². The highest BCUT2D eigenvalue weighted by Gasteiger charge is 2.36. The van der Waals surface area contributed by atoms with E-state index >= 15 is 0 Å². The molecule has 3 heterocycles. The Morgan fingerprint density at radius 2 is 2.00 bits per heavy atom. The molecule has 3 unspecified atom stereocenters. The molecule has 3 atom stereocenters. The van der Waals surface area contributed by atoms with Crippen LogP contribution in [0.1, 0.15) is 53.4 Å². The van der Waals surface area contributed by atoms with Gasteiger partial charge in [-0.1, -0.05) is 25.5 Å². The van der Waals surface area contributed by atoms with Crippen molar-refractivity contribution in [2.75, 3.05) is 19.6 Å². The number of hydrogen-bond donors (Lipinski definition) is 3. The number of aromatic amines is 1. The molecule has 2 aromatic rings. The van der Waals surface area contributed by atoms with Gasteiger partial charge < -0.3 is 9.88 Å². The summed E-state index contributed by atoms with van der Waals surface area (Å²) in [6.45, 7) is 11.3. The molecule has 2 aliphatic rings. The normalized spacial score (nSPS) is 26.1. The van der Waals surface area contributed by atoms with E-state index in [1.165, 1.54) is 29.4 Å². The van der Waals surface area contributed by atoms with Gasteiger partial charge in [0.2, 0.25) is 0 Å². The molecule has 2 fully saturated rings. The third kappa shape index (κ3) is 3.17. The number of amides is 1. The van der Waals surface area contributed by atoms with Crippen molar-refractivity contribution in [1.82, 2.24) is 20.7 Å². The average molecular weight is 369 g/mol. The first-order chi connectivity index (χ1) is 13.0. The van der Waals surface area contributed by atoms with Crippen LogP contribution in [0.3, 0.4) is 0 Å². The Bertz CT molecular complexity index is 856. The Kier molecular flexibility index (Phi) is 4.99. The van der Waals surface area contributed by atoms with Crippen LogP contribution in [-0.2, 0) is 0 Å². The summed E-state index contributed by atoms with van der Waals surface area (Å²) in [6.07, 6.45) is 3.46. The van der Waals surface area contributed by atoms with Gasteiger partial charge in [-0.3, -0.25) is 15.6 Å². The maximum atomic E-state index is 13.4. The fourth-order valence-corrected chi connectivity index (χ4v) is 5.11. The Hall–Kier alpha value is -1.85. The lowest BCUT2D eigenvalue weighted by Crippen LogP contribution is -2.48. The molecule has 1 aromatic carbocycles. The van der Waals surface area contributed by atoms with E-state index in [1.54, 1.807) is 0 Å². The van der Waals surface area contributed by atoms with Crippen molar-refractivity contribution in [3.63, 3.8) is 0 Å². The van der Waals surface area contributed by atoms with Crippen LogP contribution in [0.2, 0.25) is 0 Å². The molecule has 3 N–H and O–H groups in total. The SMILES string of the molecule is CCC1CNNC1C1CCCN(C(=O)c2[nH]c3c(C)ccc(C)c3c2C)C1. The zero-order chi connectivity index (χ0) is 19.1. The van der Waals surface area contributed by atoms with E-state index in [-0.39, 0.29) is 5.91 Å². The van der Waals surface area contributed by atoms with Crippen molar-refractivity contribution in [3.8, 4) is 0 Å².